The van der Waals surface area contributed by atoms with Gasteiger partial charge in [0, 0.05) is 0 Å². The van der Waals surface area contributed by atoms with E-state index in [-0.39, 0.29) is 4.90 Å². The highest BCUT2D eigenvalue weighted by Gasteiger charge is 2.31. The molecule has 1 aromatic carbocycles. The van der Waals surface area contributed by atoms with Crippen LogP contribution in [0.3, 0.4) is 0 Å². The first-order valence-electron chi connectivity index (χ1n) is 5.12. The molecule has 0 bridgehead atoms. The Morgan fingerprint density at radius 3 is 2.20 bits per heavy atom. The molecular weight excluding hydrogens is 303 g/mol. The Labute approximate surface area is 112 Å². The maximum absolute atomic E-state index is 11.9. The summed E-state index contributed by atoms with van der Waals surface area (Å²) in [5.41, 5.74) is 0. The van der Waals surface area contributed by atoms with Crippen molar-refractivity contribution in [2.75, 3.05) is 0 Å². The lowest BCUT2D eigenvalue weighted by molar-refractivity contribution is -0.274. The SMILES string of the molecule is C[C@@H](NS(=O)(=O)c1ccc(OC(F)(F)F)cc1)C(=O)O. The lowest BCUT2D eigenvalue weighted by Crippen LogP contribution is -2.38. The van der Waals surface area contributed by atoms with Crippen LogP contribution >= 0.6 is 0 Å². The average molecular weight is 313 g/mol. The molecule has 0 radical (unpaired) electrons. The third-order valence-corrected chi connectivity index (χ3v) is 3.63. The average Bonchev–Trinajstić information content (AvgIpc) is 2.26. The van der Waals surface area contributed by atoms with Crippen LogP contribution in [0.15, 0.2) is 29.2 Å². The van der Waals surface area contributed by atoms with E-state index in [0.717, 1.165) is 31.2 Å². The summed E-state index contributed by atoms with van der Waals surface area (Å²) in [6, 6.07) is 2.00. The Balaban J connectivity index is 2.90. The van der Waals surface area contributed by atoms with Crippen molar-refractivity contribution in [1.82, 2.24) is 4.72 Å². The van der Waals surface area contributed by atoms with Crippen LogP contribution in [0.2, 0.25) is 0 Å². The standard InChI is InChI=1S/C10H10F3NO5S/c1-6(9(15)16)14-20(17,18)8-4-2-7(3-5-8)19-10(11,12)13/h2-6,14H,1H3,(H,15,16)/t6-/m1/s1. The number of sulfonamides is 1. The molecule has 0 spiro atoms. The van der Waals surface area contributed by atoms with Gasteiger partial charge in [-0.2, -0.15) is 4.72 Å². The van der Waals surface area contributed by atoms with Crippen LogP contribution in [0.25, 0.3) is 0 Å². The number of hydrogen-bond acceptors (Lipinski definition) is 4. The van der Waals surface area contributed by atoms with Crippen molar-refractivity contribution in [3.05, 3.63) is 24.3 Å². The van der Waals surface area contributed by atoms with Gasteiger partial charge in [0.05, 0.1) is 4.90 Å². The fourth-order valence-corrected chi connectivity index (χ4v) is 2.37. The number of benzene rings is 1. The van der Waals surface area contributed by atoms with Gasteiger partial charge in [-0.1, -0.05) is 0 Å². The molecule has 2 N–H and O–H groups in total. The zero-order chi connectivity index (χ0) is 15.6. The second-order valence-corrected chi connectivity index (χ2v) is 5.41. The second kappa shape index (κ2) is 5.67. The Morgan fingerprint density at radius 1 is 1.30 bits per heavy atom. The van der Waals surface area contributed by atoms with Gasteiger partial charge < -0.3 is 9.84 Å². The van der Waals surface area contributed by atoms with E-state index in [1.807, 2.05) is 4.72 Å². The minimum absolute atomic E-state index is 0.375. The van der Waals surface area contributed by atoms with Crippen LogP contribution in [0.5, 0.6) is 5.75 Å². The number of hydrogen-bond donors (Lipinski definition) is 2. The molecule has 6 nitrogen and oxygen atoms in total. The summed E-state index contributed by atoms with van der Waals surface area (Å²) in [4.78, 5) is 10.2. The van der Waals surface area contributed by atoms with Gasteiger partial charge >= 0.3 is 12.3 Å². The third kappa shape index (κ3) is 4.70. The molecule has 0 aliphatic carbocycles. The summed E-state index contributed by atoms with van der Waals surface area (Å²) >= 11 is 0. The number of carboxylic acid groups (broad SMARTS) is 1. The Kier molecular flexibility index (Phi) is 4.61. The van der Waals surface area contributed by atoms with Gasteiger partial charge in [-0.25, -0.2) is 8.42 Å². The molecule has 10 heteroatoms. The number of carboxylic acids is 1. The van der Waals surface area contributed by atoms with E-state index < -0.39 is 34.1 Å². The van der Waals surface area contributed by atoms with Crippen molar-refractivity contribution in [3.8, 4) is 5.75 Å². The van der Waals surface area contributed by atoms with Crippen molar-refractivity contribution < 1.29 is 36.2 Å². The first-order chi connectivity index (χ1) is 9.01. The summed E-state index contributed by atoms with van der Waals surface area (Å²) in [7, 11) is -4.13. The monoisotopic (exact) mass is 313 g/mol. The van der Waals surface area contributed by atoms with Gasteiger partial charge in [-0.15, -0.1) is 13.2 Å². The quantitative estimate of drug-likeness (QED) is 0.855. The molecule has 1 atom stereocenters. The van der Waals surface area contributed by atoms with Crippen LogP contribution in [0, 0.1) is 0 Å². The maximum atomic E-state index is 11.9. The van der Waals surface area contributed by atoms with Crippen LogP contribution in [-0.4, -0.2) is 31.9 Å². The summed E-state index contributed by atoms with van der Waals surface area (Å²) < 4.78 is 64.6. The topological polar surface area (TPSA) is 92.7 Å². The lowest BCUT2D eigenvalue weighted by Gasteiger charge is -2.11. The molecule has 20 heavy (non-hydrogen) atoms. The number of halogens is 3. The first kappa shape index (κ1) is 16.2. The number of aliphatic carboxylic acids is 1. The highest BCUT2D eigenvalue weighted by Crippen LogP contribution is 2.23. The van der Waals surface area contributed by atoms with Crippen molar-refractivity contribution in [2.24, 2.45) is 0 Å². The van der Waals surface area contributed by atoms with E-state index in [1.54, 1.807) is 0 Å². The molecule has 0 saturated heterocycles. The minimum Gasteiger partial charge on any atom is -0.480 e. The molecule has 0 unspecified atom stereocenters. The molecule has 1 rings (SSSR count). The highest BCUT2D eigenvalue weighted by molar-refractivity contribution is 7.89. The van der Waals surface area contributed by atoms with E-state index in [0.29, 0.717) is 0 Å². The van der Waals surface area contributed by atoms with E-state index in [9.17, 15) is 26.4 Å². The summed E-state index contributed by atoms with van der Waals surface area (Å²) in [5.74, 6) is -1.96. The Bertz CT molecular complexity index is 582. The zero-order valence-electron chi connectivity index (χ0n) is 10.0. The van der Waals surface area contributed by atoms with Gasteiger partial charge in [-0.3, -0.25) is 4.79 Å². The molecular formula is C10H10F3NO5S. The number of carbonyl (C=O) groups is 1. The molecule has 1 aromatic rings. The lowest BCUT2D eigenvalue weighted by atomic mass is 10.3. The van der Waals surface area contributed by atoms with Crippen LogP contribution in [-0.2, 0) is 14.8 Å². The van der Waals surface area contributed by atoms with Crippen molar-refractivity contribution in [2.45, 2.75) is 24.2 Å². The van der Waals surface area contributed by atoms with Crippen molar-refractivity contribution in [3.63, 3.8) is 0 Å². The van der Waals surface area contributed by atoms with Gasteiger partial charge in [0.2, 0.25) is 10.0 Å². The summed E-state index contributed by atoms with van der Waals surface area (Å²) in [6.45, 7) is 1.11. The largest absolute Gasteiger partial charge is 0.573 e. The van der Waals surface area contributed by atoms with Crippen LogP contribution in [0.1, 0.15) is 6.92 Å². The predicted molar refractivity (Wildman–Crippen MR) is 60.5 cm³/mol. The minimum atomic E-state index is -4.88. The molecule has 0 aliphatic heterocycles. The zero-order valence-corrected chi connectivity index (χ0v) is 10.8. The third-order valence-electron chi connectivity index (χ3n) is 2.07. The molecule has 0 fully saturated rings. The van der Waals surface area contributed by atoms with Gasteiger partial charge in [0.1, 0.15) is 11.8 Å². The van der Waals surface area contributed by atoms with Crippen molar-refractivity contribution >= 4 is 16.0 Å². The number of ether oxygens (including phenoxy) is 1. The second-order valence-electron chi connectivity index (χ2n) is 3.70. The number of rotatable bonds is 5. The number of alkyl halides is 3. The Morgan fingerprint density at radius 2 is 1.80 bits per heavy atom. The molecule has 0 heterocycles. The van der Waals surface area contributed by atoms with Crippen LogP contribution in [0.4, 0.5) is 13.2 Å². The molecule has 112 valence electrons. The number of nitrogens with one attached hydrogen (secondary N) is 1. The summed E-state index contributed by atoms with van der Waals surface area (Å²) in [5, 5.41) is 8.59. The molecule has 0 aliphatic rings. The van der Waals surface area contributed by atoms with E-state index in [4.69, 9.17) is 5.11 Å². The van der Waals surface area contributed by atoms with Gasteiger partial charge in [0.25, 0.3) is 0 Å². The van der Waals surface area contributed by atoms with E-state index >= 15 is 0 Å². The Hall–Kier alpha value is -1.81. The molecule has 0 aromatic heterocycles. The van der Waals surface area contributed by atoms with E-state index in [1.165, 1.54) is 0 Å². The highest BCUT2D eigenvalue weighted by atomic mass is 32.2. The molecule has 0 saturated carbocycles. The fraction of sp³-hybridized carbons (Fsp3) is 0.300. The maximum Gasteiger partial charge on any atom is 0.573 e. The molecule has 0 amide bonds. The van der Waals surface area contributed by atoms with Gasteiger partial charge in [-0.05, 0) is 31.2 Å². The van der Waals surface area contributed by atoms with Gasteiger partial charge in [0.15, 0.2) is 0 Å². The predicted octanol–water partition coefficient (Wildman–Crippen LogP) is 1.34. The van der Waals surface area contributed by atoms with E-state index in [2.05, 4.69) is 4.74 Å². The smallest absolute Gasteiger partial charge is 0.480 e. The normalized spacial score (nSPS) is 13.8. The van der Waals surface area contributed by atoms with Crippen LogP contribution < -0.4 is 9.46 Å². The fourth-order valence-electron chi connectivity index (χ4n) is 1.17. The van der Waals surface area contributed by atoms with Crippen molar-refractivity contribution in [1.29, 1.82) is 0 Å². The first-order valence-corrected chi connectivity index (χ1v) is 6.60. The summed E-state index contributed by atoms with van der Waals surface area (Å²) in [6.07, 6.45) is -4.88.